The molecule has 2 N–H and O–H groups in total. The lowest BCUT2D eigenvalue weighted by molar-refractivity contribution is 0.449. The molecular weight excluding hydrogens is 352 g/mol. The molecule has 1 fully saturated rings. The summed E-state index contributed by atoms with van der Waals surface area (Å²) in [6.45, 7) is 4.03. The van der Waals surface area contributed by atoms with Crippen molar-refractivity contribution < 1.29 is 8.42 Å². The summed E-state index contributed by atoms with van der Waals surface area (Å²) in [5, 5.41) is 8.74. The lowest BCUT2D eigenvalue weighted by atomic mass is 9.93. The second kappa shape index (κ2) is 6.62. The summed E-state index contributed by atoms with van der Waals surface area (Å²) in [5.41, 5.74) is 2.47. The van der Waals surface area contributed by atoms with Gasteiger partial charge >= 0.3 is 0 Å². The van der Waals surface area contributed by atoms with Crippen LogP contribution in [0.25, 0.3) is 16.8 Å². The third kappa shape index (κ3) is 2.99. The zero-order valence-electron chi connectivity index (χ0n) is 15.0. The van der Waals surface area contributed by atoms with Crippen LogP contribution in [0.1, 0.15) is 51.3 Å². The molecule has 0 aromatic carbocycles. The Labute approximate surface area is 152 Å². The second-order valence-corrected chi connectivity index (χ2v) is 8.97. The zero-order valence-corrected chi connectivity index (χ0v) is 15.8. The van der Waals surface area contributed by atoms with Crippen molar-refractivity contribution in [2.45, 2.75) is 51.5 Å². The van der Waals surface area contributed by atoms with E-state index in [-0.39, 0.29) is 17.7 Å². The SMILES string of the molecule is CCCS(=O)(=O)NC1CC(CC)C(c2nnc3cnc4[nH]ccc4n23)C1. The Morgan fingerprint density at radius 3 is 2.92 bits per heavy atom. The lowest BCUT2D eigenvalue weighted by Crippen LogP contribution is -2.34. The summed E-state index contributed by atoms with van der Waals surface area (Å²) in [6, 6.07) is 1.93. The van der Waals surface area contributed by atoms with Crippen LogP contribution < -0.4 is 4.72 Å². The van der Waals surface area contributed by atoms with Gasteiger partial charge in [0.15, 0.2) is 11.3 Å². The van der Waals surface area contributed by atoms with Crippen LogP contribution in [0.5, 0.6) is 0 Å². The molecule has 1 aliphatic rings. The first-order chi connectivity index (χ1) is 12.5. The molecule has 0 spiro atoms. The fourth-order valence-corrected chi connectivity index (χ4v) is 5.56. The van der Waals surface area contributed by atoms with E-state index in [0.717, 1.165) is 41.9 Å². The molecule has 9 heteroatoms. The van der Waals surface area contributed by atoms with Crippen LogP contribution in [0.3, 0.4) is 0 Å². The normalized spacial score (nSPS) is 24.0. The fraction of sp³-hybridized carbons (Fsp3) is 0.588. The minimum Gasteiger partial charge on any atom is -0.345 e. The number of hydrogen-bond acceptors (Lipinski definition) is 5. The molecule has 3 aromatic rings. The Kier molecular flexibility index (Phi) is 4.44. The molecule has 1 aliphatic carbocycles. The van der Waals surface area contributed by atoms with Gasteiger partial charge < -0.3 is 4.98 Å². The van der Waals surface area contributed by atoms with E-state index < -0.39 is 10.0 Å². The third-order valence-corrected chi connectivity index (χ3v) is 6.98. The first-order valence-corrected chi connectivity index (χ1v) is 10.8. The van der Waals surface area contributed by atoms with E-state index in [4.69, 9.17) is 0 Å². The maximum absolute atomic E-state index is 12.2. The Bertz CT molecular complexity index is 1020. The van der Waals surface area contributed by atoms with Gasteiger partial charge in [0.2, 0.25) is 10.0 Å². The summed E-state index contributed by atoms with van der Waals surface area (Å²) in [7, 11) is -3.22. The van der Waals surface area contributed by atoms with Gasteiger partial charge in [-0.05, 0) is 31.2 Å². The highest BCUT2D eigenvalue weighted by Gasteiger charge is 2.38. The van der Waals surface area contributed by atoms with Gasteiger partial charge in [-0.25, -0.2) is 18.1 Å². The fourth-order valence-electron chi connectivity index (χ4n) is 4.21. The summed E-state index contributed by atoms with van der Waals surface area (Å²) in [5.74, 6) is 1.62. The largest absolute Gasteiger partial charge is 0.345 e. The van der Waals surface area contributed by atoms with Crippen LogP contribution in [0.2, 0.25) is 0 Å². The molecule has 0 aliphatic heterocycles. The monoisotopic (exact) mass is 376 g/mol. The number of nitrogens with one attached hydrogen (secondary N) is 2. The molecule has 0 amide bonds. The number of rotatable bonds is 6. The minimum absolute atomic E-state index is 0.0441. The Balaban J connectivity index is 1.69. The van der Waals surface area contributed by atoms with Gasteiger partial charge in [0.1, 0.15) is 5.82 Å². The van der Waals surface area contributed by atoms with Gasteiger partial charge in [-0.1, -0.05) is 20.3 Å². The Morgan fingerprint density at radius 2 is 2.15 bits per heavy atom. The van der Waals surface area contributed by atoms with Gasteiger partial charge in [-0.3, -0.25) is 4.40 Å². The van der Waals surface area contributed by atoms with Crippen LogP contribution in [0.4, 0.5) is 0 Å². The van der Waals surface area contributed by atoms with E-state index in [2.05, 4.69) is 36.2 Å². The molecular formula is C17H24N6O2S. The van der Waals surface area contributed by atoms with Crippen LogP contribution in [0.15, 0.2) is 18.5 Å². The van der Waals surface area contributed by atoms with Gasteiger partial charge in [0.05, 0.1) is 17.5 Å². The highest BCUT2D eigenvalue weighted by Crippen LogP contribution is 2.41. The van der Waals surface area contributed by atoms with E-state index in [0.29, 0.717) is 12.3 Å². The predicted octanol–water partition coefficient (Wildman–Crippen LogP) is 2.21. The van der Waals surface area contributed by atoms with Crippen LogP contribution in [0, 0.1) is 5.92 Å². The molecule has 26 heavy (non-hydrogen) atoms. The number of aromatic amines is 1. The minimum atomic E-state index is -3.22. The molecule has 3 aromatic heterocycles. The van der Waals surface area contributed by atoms with Crippen molar-refractivity contribution in [2.24, 2.45) is 5.92 Å². The second-order valence-electron chi connectivity index (χ2n) is 7.10. The van der Waals surface area contributed by atoms with E-state index in [1.165, 1.54) is 0 Å². The summed E-state index contributed by atoms with van der Waals surface area (Å²) in [4.78, 5) is 7.48. The van der Waals surface area contributed by atoms with Crippen molar-refractivity contribution in [1.29, 1.82) is 0 Å². The number of aromatic nitrogens is 5. The Morgan fingerprint density at radius 1 is 1.31 bits per heavy atom. The average Bonchev–Trinajstić information content (AvgIpc) is 3.30. The van der Waals surface area contributed by atoms with Crippen LogP contribution >= 0.6 is 0 Å². The number of sulfonamides is 1. The smallest absolute Gasteiger partial charge is 0.211 e. The van der Waals surface area contributed by atoms with E-state index >= 15 is 0 Å². The standard InChI is InChI=1S/C17H24N6O2S/c1-3-7-26(24,25)22-12-8-11(4-2)13(9-12)17-21-20-15-10-19-16-14(23(15)17)5-6-18-16/h5-6,10-13,18,22H,3-4,7-9H2,1-2H3. The topological polar surface area (TPSA) is 105 Å². The molecule has 0 saturated heterocycles. The van der Waals surface area contributed by atoms with E-state index in [9.17, 15) is 8.42 Å². The van der Waals surface area contributed by atoms with Crippen molar-refractivity contribution >= 4 is 26.8 Å². The first kappa shape index (κ1) is 17.4. The third-order valence-electron chi connectivity index (χ3n) is 5.34. The maximum atomic E-state index is 12.2. The molecule has 0 radical (unpaired) electrons. The number of hydrogen-bond donors (Lipinski definition) is 2. The quantitative estimate of drug-likeness (QED) is 0.686. The molecule has 0 bridgehead atoms. The number of H-pyrrole nitrogens is 1. The molecule has 3 unspecified atom stereocenters. The highest BCUT2D eigenvalue weighted by atomic mass is 32.2. The first-order valence-electron chi connectivity index (χ1n) is 9.19. The van der Waals surface area contributed by atoms with Crippen LogP contribution in [-0.2, 0) is 10.0 Å². The molecule has 1 saturated carbocycles. The molecule has 8 nitrogen and oxygen atoms in total. The van der Waals surface area contributed by atoms with Gasteiger partial charge in [0.25, 0.3) is 0 Å². The van der Waals surface area contributed by atoms with E-state index in [1.54, 1.807) is 6.20 Å². The van der Waals surface area contributed by atoms with Crippen molar-refractivity contribution in [3.8, 4) is 0 Å². The molecule has 3 heterocycles. The lowest BCUT2D eigenvalue weighted by Gasteiger charge is -2.16. The zero-order chi connectivity index (χ0) is 18.3. The molecule has 4 rings (SSSR count). The summed E-state index contributed by atoms with van der Waals surface area (Å²) < 4.78 is 29.3. The summed E-state index contributed by atoms with van der Waals surface area (Å²) in [6.07, 6.45) is 6.75. The van der Waals surface area contributed by atoms with Gasteiger partial charge in [-0.2, -0.15) is 0 Å². The maximum Gasteiger partial charge on any atom is 0.211 e. The number of fused-ring (bicyclic) bond motifs is 3. The van der Waals surface area contributed by atoms with Crippen molar-refractivity contribution in [1.82, 2.24) is 29.3 Å². The Hall–Kier alpha value is -2.00. The van der Waals surface area contributed by atoms with Gasteiger partial charge in [0, 0.05) is 18.2 Å². The highest BCUT2D eigenvalue weighted by molar-refractivity contribution is 7.89. The van der Waals surface area contributed by atoms with Crippen molar-refractivity contribution in [3.63, 3.8) is 0 Å². The van der Waals surface area contributed by atoms with Crippen molar-refractivity contribution in [3.05, 3.63) is 24.3 Å². The summed E-state index contributed by atoms with van der Waals surface area (Å²) >= 11 is 0. The number of nitrogens with zero attached hydrogens (tertiary/aromatic N) is 4. The van der Waals surface area contributed by atoms with Crippen molar-refractivity contribution in [2.75, 3.05) is 5.75 Å². The van der Waals surface area contributed by atoms with E-state index in [1.807, 2.05) is 19.2 Å². The molecule has 140 valence electrons. The average molecular weight is 376 g/mol. The van der Waals surface area contributed by atoms with Gasteiger partial charge in [-0.15, -0.1) is 10.2 Å². The predicted molar refractivity (Wildman–Crippen MR) is 99.4 cm³/mol. The molecule has 3 atom stereocenters. The van der Waals surface area contributed by atoms with Crippen LogP contribution in [-0.4, -0.2) is 44.8 Å².